The third-order valence-corrected chi connectivity index (χ3v) is 2.20. The topological polar surface area (TPSA) is 17.1 Å². The van der Waals surface area contributed by atoms with Crippen LogP contribution in [0.2, 0.25) is 0 Å². The summed E-state index contributed by atoms with van der Waals surface area (Å²) in [5.74, 6) is 0. The molecule has 0 heterocycles. The Bertz CT molecular complexity index is 74.1. The molecule has 7 heavy (non-hydrogen) atoms. The Labute approximate surface area is 56.2 Å². The molecule has 0 aromatic carbocycles. The Balaban J connectivity index is 3.34. The lowest BCUT2D eigenvalue weighted by molar-refractivity contribution is -0.111. The number of hydrogen-bond acceptors (Lipinski definition) is 1. The minimum atomic E-state index is -0.317. The van der Waals surface area contributed by atoms with Gasteiger partial charge in [0.2, 0.25) is 5.24 Å². The predicted molar refractivity (Wildman–Crippen MR) is 33.9 cm³/mol. The highest BCUT2D eigenvalue weighted by atomic mass is 79.9. The van der Waals surface area contributed by atoms with E-state index in [4.69, 9.17) is 11.6 Å². The van der Waals surface area contributed by atoms with Crippen molar-refractivity contribution < 1.29 is 4.79 Å². The molecule has 0 unspecified atom stereocenters. The van der Waals surface area contributed by atoms with Gasteiger partial charge in [0.1, 0.15) is 0 Å². The molecule has 0 saturated carbocycles. The van der Waals surface area contributed by atoms with E-state index in [2.05, 4.69) is 15.9 Å². The van der Waals surface area contributed by atoms with Gasteiger partial charge in [0.25, 0.3) is 0 Å². The van der Waals surface area contributed by atoms with Gasteiger partial charge in [-0.1, -0.05) is 22.9 Å². The molecule has 0 N–H and O–H groups in total. The standard InChI is InChI=1S/C4H6BrClO/c1-2-3(5)4(6)7/h3H,2H2,1H3/t3-/m1/s1. The number of halogens is 2. The SMILES string of the molecule is CC[C@@H](Br)C(=O)Cl. The van der Waals surface area contributed by atoms with Crippen LogP contribution in [0, 0.1) is 0 Å². The van der Waals surface area contributed by atoms with E-state index in [1.165, 1.54) is 0 Å². The van der Waals surface area contributed by atoms with Crippen LogP contribution in [0.25, 0.3) is 0 Å². The molecule has 0 spiro atoms. The van der Waals surface area contributed by atoms with Crippen LogP contribution in [0.5, 0.6) is 0 Å². The molecule has 0 aromatic heterocycles. The molecule has 1 nitrogen and oxygen atoms in total. The molecule has 0 saturated heterocycles. The van der Waals surface area contributed by atoms with Crippen molar-refractivity contribution in [2.24, 2.45) is 0 Å². The molecule has 0 aromatic rings. The van der Waals surface area contributed by atoms with Gasteiger partial charge in [-0.15, -0.1) is 0 Å². The van der Waals surface area contributed by atoms with Crippen molar-refractivity contribution >= 4 is 32.8 Å². The molecule has 0 fully saturated rings. The highest BCUT2D eigenvalue weighted by Crippen LogP contribution is 2.06. The van der Waals surface area contributed by atoms with Gasteiger partial charge in [-0.05, 0) is 18.0 Å². The Kier molecular flexibility index (Phi) is 3.66. The van der Waals surface area contributed by atoms with Crippen molar-refractivity contribution in [2.75, 3.05) is 0 Å². The van der Waals surface area contributed by atoms with Crippen LogP contribution in [0.1, 0.15) is 13.3 Å². The fourth-order valence-electron chi connectivity index (χ4n) is 0.160. The second kappa shape index (κ2) is 3.44. The van der Waals surface area contributed by atoms with Gasteiger partial charge in [0, 0.05) is 0 Å². The van der Waals surface area contributed by atoms with Crippen molar-refractivity contribution in [1.82, 2.24) is 0 Å². The highest BCUT2D eigenvalue weighted by Gasteiger charge is 2.06. The molecule has 0 rings (SSSR count). The summed E-state index contributed by atoms with van der Waals surface area (Å²) in [4.78, 5) is 9.94. The van der Waals surface area contributed by atoms with Crippen LogP contribution in [-0.4, -0.2) is 10.1 Å². The summed E-state index contributed by atoms with van der Waals surface area (Å²) in [6.07, 6.45) is 0.752. The first-order valence-corrected chi connectivity index (χ1v) is 3.31. The van der Waals surface area contributed by atoms with E-state index >= 15 is 0 Å². The number of hydrogen-bond donors (Lipinski definition) is 0. The van der Waals surface area contributed by atoms with Crippen molar-refractivity contribution in [2.45, 2.75) is 18.2 Å². The maximum absolute atomic E-state index is 10.1. The van der Waals surface area contributed by atoms with E-state index < -0.39 is 0 Å². The molecule has 0 radical (unpaired) electrons. The van der Waals surface area contributed by atoms with Gasteiger partial charge in [0.05, 0.1) is 4.83 Å². The summed E-state index contributed by atoms with van der Waals surface area (Å²) >= 11 is 8.10. The molecule has 0 aliphatic heterocycles. The molecule has 0 aliphatic rings. The van der Waals surface area contributed by atoms with Gasteiger partial charge in [0.15, 0.2) is 0 Å². The third kappa shape index (κ3) is 3.06. The molecular formula is C4H6BrClO. The van der Waals surface area contributed by atoms with E-state index in [1.807, 2.05) is 6.92 Å². The molecule has 0 amide bonds. The van der Waals surface area contributed by atoms with Gasteiger partial charge in [-0.25, -0.2) is 0 Å². The Morgan fingerprint density at radius 3 is 2.43 bits per heavy atom. The Morgan fingerprint density at radius 1 is 2.00 bits per heavy atom. The smallest absolute Gasteiger partial charge is 0.235 e. The van der Waals surface area contributed by atoms with Crippen LogP contribution in [0.4, 0.5) is 0 Å². The maximum Gasteiger partial charge on any atom is 0.235 e. The van der Waals surface area contributed by atoms with Gasteiger partial charge >= 0.3 is 0 Å². The lowest BCUT2D eigenvalue weighted by Gasteiger charge is -1.93. The molecule has 0 aliphatic carbocycles. The average Bonchev–Trinajstić information content (AvgIpc) is 1.65. The Morgan fingerprint density at radius 2 is 2.43 bits per heavy atom. The summed E-state index contributed by atoms with van der Waals surface area (Å²) in [5, 5.41) is -0.317. The summed E-state index contributed by atoms with van der Waals surface area (Å²) < 4.78 is 0. The van der Waals surface area contributed by atoms with Crippen LogP contribution < -0.4 is 0 Å². The second-order valence-electron chi connectivity index (χ2n) is 1.18. The lowest BCUT2D eigenvalue weighted by Crippen LogP contribution is -2.03. The average molecular weight is 185 g/mol. The molecule has 0 bridgehead atoms. The molecular weight excluding hydrogens is 179 g/mol. The van der Waals surface area contributed by atoms with Gasteiger partial charge in [-0.3, -0.25) is 4.79 Å². The third-order valence-electron chi connectivity index (χ3n) is 0.605. The molecule has 42 valence electrons. The van der Waals surface area contributed by atoms with Crippen LogP contribution >= 0.6 is 27.5 Å². The number of rotatable bonds is 2. The molecule has 3 heteroatoms. The van der Waals surface area contributed by atoms with Crippen LogP contribution in [0.3, 0.4) is 0 Å². The second-order valence-corrected chi connectivity index (χ2v) is 2.66. The zero-order valence-corrected chi connectivity index (χ0v) is 6.29. The fraction of sp³-hybridized carbons (Fsp3) is 0.750. The number of alkyl halides is 1. The lowest BCUT2D eigenvalue weighted by atomic mass is 10.4. The predicted octanol–water partition coefficient (Wildman–Crippen LogP) is 1.93. The first-order valence-electron chi connectivity index (χ1n) is 2.02. The summed E-state index contributed by atoms with van der Waals surface area (Å²) in [6.45, 7) is 1.89. The summed E-state index contributed by atoms with van der Waals surface area (Å²) in [5.41, 5.74) is 0. The Hall–Kier alpha value is 0.440. The van der Waals surface area contributed by atoms with Crippen molar-refractivity contribution in [1.29, 1.82) is 0 Å². The van der Waals surface area contributed by atoms with E-state index in [0.29, 0.717) is 0 Å². The van der Waals surface area contributed by atoms with Gasteiger partial charge in [-0.2, -0.15) is 0 Å². The van der Waals surface area contributed by atoms with Crippen molar-refractivity contribution in [3.05, 3.63) is 0 Å². The number of carbonyl (C=O) groups is 1. The zero-order valence-electron chi connectivity index (χ0n) is 3.95. The molecule has 1 atom stereocenters. The van der Waals surface area contributed by atoms with Crippen molar-refractivity contribution in [3.8, 4) is 0 Å². The first kappa shape index (κ1) is 7.44. The van der Waals surface area contributed by atoms with Crippen LogP contribution in [0.15, 0.2) is 0 Å². The van der Waals surface area contributed by atoms with Crippen molar-refractivity contribution in [3.63, 3.8) is 0 Å². The van der Waals surface area contributed by atoms with E-state index in [9.17, 15) is 4.79 Å². The zero-order chi connectivity index (χ0) is 5.86. The number of carbonyl (C=O) groups excluding carboxylic acids is 1. The van der Waals surface area contributed by atoms with E-state index in [1.54, 1.807) is 0 Å². The van der Waals surface area contributed by atoms with E-state index in [0.717, 1.165) is 6.42 Å². The summed E-state index contributed by atoms with van der Waals surface area (Å²) in [7, 11) is 0. The highest BCUT2D eigenvalue weighted by molar-refractivity contribution is 9.10. The minimum Gasteiger partial charge on any atom is -0.280 e. The first-order chi connectivity index (χ1) is 3.18. The maximum atomic E-state index is 10.1. The fourth-order valence-corrected chi connectivity index (χ4v) is 0.315. The summed E-state index contributed by atoms with van der Waals surface area (Å²) in [6, 6.07) is 0. The van der Waals surface area contributed by atoms with Crippen LogP contribution in [-0.2, 0) is 4.79 Å². The van der Waals surface area contributed by atoms with E-state index in [-0.39, 0.29) is 10.1 Å². The quantitative estimate of drug-likeness (QED) is 0.475. The monoisotopic (exact) mass is 184 g/mol. The minimum absolute atomic E-state index is 0.158. The van der Waals surface area contributed by atoms with Gasteiger partial charge < -0.3 is 0 Å². The largest absolute Gasteiger partial charge is 0.280 e. The normalized spacial score (nSPS) is 13.6.